The van der Waals surface area contributed by atoms with Gasteiger partial charge in [0, 0.05) is 19.7 Å². The third kappa shape index (κ3) is 4.30. The van der Waals surface area contributed by atoms with E-state index in [4.69, 9.17) is 5.84 Å². The molecule has 0 atom stereocenters. The van der Waals surface area contributed by atoms with Crippen LogP contribution in [0.4, 0.5) is 0 Å². The molecule has 2 aromatic carbocycles. The van der Waals surface area contributed by atoms with Gasteiger partial charge in [0.05, 0.1) is 18.8 Å². The zero-order valence-electron chi connectivity index (χ0n) is 15.1. The summed E-state index contributed by atoms with van der Waals surface area (Å²) in [6.07, 6.45) is 0.791. The van der Waals surface area contributed by atoms with Crippen molar-refractivity contribution in [3.05, 3.63) is 70.8 Å². The standard InChI is InChI=1S/C19H24N4O2S/c1-22(2)26(24,25)14-17-5-3-15(4-6-17)13-16-7-9-18(10-8-16)19-21-11-12-23(19)20/h3-10H,11-14,20H2,1-2H3. The second kappa shape index (κ2) is 7.57. The Hall–Kier alpha value is -2.22. The van der Waals surface area contributed by atoms with E-state index in [2.05, 4.69) is 17.1 Å². The minimum absolute atomic E-state index is 0.0205. The van der Waals surface area contributed by atoms with Gasteiger partial charge in [-0.2, -0.15) is 0 Å². The van der Waals surface area contributed by atoms with E-state index in [9.17, 15) is 8.42 Å². The third-order valence-electron chi connectivity index (χ3n) is 4.42. The van der Waals surface area contributed by atoms with Gasteiger partial charge >= 0.3 is 0 Å². The van der Waals surface area contributed by atoms with Crippen LogP contribution in [0, 0.1) is 0 Å². The van der Waals surface area contributed by atoms with Crippen LogP contribution in [0.25, 0.3) is 0 Å². The first kappa shape index (κ1) is 18.6. The molecule has 6 nitrogen and oxygen atoms in total. The fourth-order valence-corrected chi connectivity index (χ4v) is 3.69. The van der Waals surface area contributed by atoms with Crippen molar-refractivity contribution < 1.29 is 8.42 Å². The third-order valence-corrected chi connectivity index (χ3v) is 6.23. The quantitative estimate of drug-likeness (QED) is 0.782. The van der Waals surface area contributed by atoms with Crippen LogP contribution >= 0.6 is 0 Å². The monoisotopic (exact) mass is 372 g/mol. The summed E-state index contributed by atoms with van der Waals surface area (Å²) >= 11 is 0. The Morgan fingerprint density at radius 1 is 1.00 bits per heavy atom. The molecule has 0 fully saturated rings. The average molecular weight is 372 g/mol. The van der Waals surface area contributed by atoms with Crippen LogP contribution < -0.4 is 5.84 Å². The largest absolute Gasteiger partial charge is 0.293 e. The highest BCUT2D eigenvalue weighted by atomic mass is 32.2. The number of hydrogen-bond acceptors (Lipinski definition) is 5. The molecule has 1 heterocycles. The molecule has 138 valence electrons. The Labute approximate surface area is 155 Å². The molecule has 0 bridgehead atoms. The van der Waals surface area contributed by atoms with Gasteiger partial charge in [-0.15, -0.1) is 0 Å². The van der Waals surface area contributed by atoms with E-state index < -0.39 is 10.0 Å². The van der Waals surface area contributed by atoms with Crippen molar-refractivity contribution in [2.24, 2.45) is 10.8 Å². The van der Waals surface area contributed by atoms with Crippen molar-refractivity contribution in [2.75, 3.05) is 27.2 Å². The average Bonchev–Trinajstić information content (AvgIpc) is 3.03. The summed E-state index contributed by atoms with van der Waals surface area (Å²) in [5.41, 5.74) is 4.14. The van der Waals surface area contributed by atoms with Crippen molar-refractivity contribution in [3.8, 4) is 0 Å². The lowest BCUT2D eigenvalue weighted by atomic mass is 10.0. The van der Waals surface area contributed by atoms with E-state index in [0.717, 1.165) is 42.0 Å². The second-order valence-corrected chi connectivity index (χ2v) is 8.81. The van der Waals surface area contributed by atoms with E-state index in [1.807, 2.05) is 36.4 Å². The van der Waals surface area contributed by atoms with E-state index in [1.165, 1.54) is 9.87 Å². The van der Waals surface area contributed by atoms with Gasteiger partial charge in [-0.25, -0.2) is 18.6 Å². The number of amidine groups is 1. The maximum absolute atomic E-state index is 11.9. The number of benzene rings is 2. The van der Waals surface area contributed by atoms with Gasteiger partial charge in [-0.05, 0) is 23.1 Å². The molecule has 0 radical (unpaired) electrons. The Bertz CT molecular complexity index is 888. The normalized spacial score (nSPS) is 14.8. The minimum atomic E-state index is -3.23. The van der Waals surface area contributed by atoms with Gasteiger partial charge in [0.15, 0.2) is 0 Å². The van der Waals surface area contributed by atoms with Crippen LogP contribution in [0.3, 0.4) is 0 Å². The van der Waals surface area contributed by atoms with Crippen molar-refractivity contribution in [3.63, 3.8) is 0 Å². The van der Waals surface area contributed by atoms with E-state index in [0.29, 0.717) is 0 Å². The number of hydrogen-bond donors (Lipinski definition) is 1. The summed E-state index contributed by atoms with van der Waals surface area (Å²) in [5, 5.41) is 1.68. The Morgan fingerprint density at radius 3 is 2.04 bits per heavy atom. The number of nitrogens with two attached hydrogens (primary N) is 1. The van der Waals surface area contributed by atoms with E-state index in [1.54, 1.807) is 19.1 Å². The molecule has 1 aliphatic rings. The first-order valence-electron chi connectivity index (χ1n) is 8.49. The Kier molecular flexibility index (Phi) is 5.41. The van der Waals surface area contributed by atoms with Gasteiger partial charge in [-0.1, -0.05) is 48.5 Å². The van der Waals surface area contributed by atoms with Crippen LogP contribution in [0.5, 0.6) is 0 Å². The number of sulfonamides is 1. The zero-order valence-corrected chi connectivity index (χ0v) is 15.9. The summed E-state index contributed by atoms with van der Waals surface area (Å²) in [6.45, 7) is 1.50. The lowest BCUT2D eigenvalue weighted by Crippen LogP contribution is -2.34. The lowest BCUT2D eigenvalue weighted by molar-refractivity contribution is 0.484. The van der Waals surface area contributed by atoms with Crippen molar-refractivity contribution >= 4 is 15.9 Å². The highest BCUT2D eigenvalue weighted by Crippen LogP contribution is 2.15. The molecule has 3 rings (SSSR count). The van der Waals surface area contributed by atoms with Crippen LogP contribution in [-0.2, 0) is 22.2 Å². The molecule has 0 unspecified atom stereocenters. The van der Waals surface area contributed by atoms with E-state index in [-0.39, 0.29) is 5.75 Å². The number of rotatable bonds is 6. The van der Waals surface area contributed by atoms with Crippen molar-refractivity contribution in [1.29, 1.82) is 0 Å². The van der Waals surface area contributed by atoms with Crippen molar-refractivity contribution in [2.45, 2.75) is 12.2 Å². The highest BCUT2D eigenvalue weighted by Gasteiger charge is 2.15. The number of aliphatic imine (C=N–C) groups is 1. The summed E-state index contributed by atoms with van der Waals surface area (Å²) < 4.78 is 25.1. The van der Waals surface area contributed by atoms with Gasteiger partial charge in [0.25, 0.3) is 0 Å². The smallest absolute Gasteiger partial charge is 0.217 e. The number of hydrazine groups is 1. The first-order chi connectivity index (χ1) is 12.3. The van der Waals surface area contributed by atoms with E-state index >= 15 is 0 Å². The lowest BCUT2D eigenvalue weighted by Gasteiger charge is -2.13. The van der Waals surface area contributed by atoms with Crippen molar-refractivity contribution in [1.82, 2.24) is 9.31 Å². The molecule has 1 aliphatic heterocycles. The molecule has 26 heavy (non-hydrogen) atoms. The highest BCUT2D eigenvalue weighted by molar-refractivity contribution is 7.88. The molecule has 0 amide bonds. The maximum atomic E-state index is 11.9. The molecular weight excluding hydrogens is 348 g/mol. The Morgan fingerprint density at radius 2 is 1.54 bits per heavy atom. The van der Waals surface area contributed by atoms with Gasteiger partial charge in [0.2, 0.25) is 10.0 Å². The summed E-state index contributed by atoms with van der Waals surface area (Å²) in [7, 11) is -0.133. The Balaban J connectivity index is 1.66. The zero-order chi connectivity index (χ0) is 18.7. The second-order valence-electron chi connectivity index (χ2n) is 6.63. The topological polar surface area (TPSA) is 79.0 Å². The predicted octanol–water partition coefficient (Wildman–Crippen LogP) is 1.60. The summed E-state index contributed by atoms with van der Waals surface area (Å²) in [5.74, 6) is 6.76. The maximum Gasteiger partial charge on any atom is 0.217 e. The molecule has 0 aromatic heterocycles. The van der Waals surface area contributed by atoms with Crippen LogP contribution in [-0.4, -0.2) is 50.8 Å². The predicted molar refractivity (Wildman–Crippen MR) is 104 cm³/mol. The van der Waals surface area contributed by atoms with Gasteiger partial charge in [0.1, 0.15) is 5.84 Å². The SMILES string of the molecule is CN(C)S(=O)(=O)Cc1ccc(Cc2ccc(C3=NCCN3N)cc2)cc1. The molecule has 0 saturated heterocycles. The number of nitrogens with zero attached hydrogens (tertiary/aromatic N) is 3. The van der Waals surface area contributed by atoms with Crippen LogP contribution in [0.2, 0.25) is 0 Å². The fourth-order valence-electron chi connectivity index (χ4n) is 2.82. The molecule has 0 saturated carbocycles. The van der Waals surface area contributed by atoms with Gasteiger partial charge in [-0.3, -0.25) is 10.0 Å². The molecule has 2 N–H and O–H groups in total. The molecule has 0 spiro atoms. The summed E-state index contributed by atoms with van der Waals surface area (Å²) in [6, 6.07) is 16.0. The summed E-state index contributed by atoms with van der Waals surface area (Å²) in [4.78, 5) is 4.42. The minimum Gasteiger partial charge on any atom is -0.293 e. The molecule has 7 heteroatoms. The fraction of sp³-hybridized carbons (Fsp3) is 0.316. The van der Waals surface area contributed by atoms with Crippen LogP contribution in [0.15, 0.2) is 53.5 Å². The van der Waals surface area contributed by atoms with Gasteiger partial charge < -0.3 is 0 Å². The van der Waals surface area contributed by atoms with Crippen LogP contribution in [0.1, 0.15) is 22.3 Å². The molecule has 2 aromatic rings. The molecular formula is C19H24N4O2S. The molecule has 0 aliphatic carbocycles. The first-order valence-corrected chi connectivity index (χ1v) is 10.1.